The van der Waals surface area contributed by atoms with Crippen LogP contribution in [0, 0.1) is 0 Å². The zero-order valence-corrected chi connectivity index (χ0v) is 18.0. The first-order valence-corrected chi connectivity index (χ1v) is 10.2. The van der Waals surface area contributed by atoms with Crippen LogP contribution >= 0.6 is 12.2 Å². The molecule has 0 radical (unpaired) electrons. The largest absolute Gasteiger partial charge is 0.466 e. The molecule has 0 fully saturated rings. The molecule has 0 spiro atoms. The van der Waals surface area contributed by atoms with E-state index in [2.05, 4.69) is 19.2 Å². The van der Waals surface area contributed by atoms with Crippen LogP contribution in [0.15, 0.2) is 54.6 Å². The number of hydrogen-bond acceptors (Lipinski definition) is 4. The molecular weight excluding hydrogens is 384 g/mol. The highest BCUT2D eigenvalue weighted by Crippen LogP contribution is 2.15. The van der Waals surface area contributed by atoms with E-state index >= 15 is 0 Å². The number of nitrogens with zero attached hydrogens (tertiary/aromatic N) is 1. The summed E-state index contributed by atoms with van der Waals surface area (Å²) in [5, 5.41) is 3.08. The number of rotatable bonds is 8. The number of carbonyl (C=O) groups is 2. The molecule has 29 heavy (non-hydrogen) atoms. The van der Waals surface area contributed by atoms with Gasteiger partial charge in [0.2, 0.25) is 0 Å². The van der Waals surface area contributed by atoms with E-state index in [1.54, 1.807) is 19.1 Å². The maximum atomic E-state index is 12.6. The van der Waals surface area contributed by atoms with Gasteiger partial charge in [-0.05, 0) is 48.3 Å². The van der Waals surface area contributed by atoms with Crippen molar-refractivity contribution < 1.29 is 14.3 Å². The number of benzene rings is 2. The molecule has 2 rings (SSSR count). The van der Waals surface area contributed by atoms with Crippen LogP contribution in [0.3, 0.4) is 0 Å². The summed E-state index contributed by atoms with van der Waals surface area (Å²) in [5.74, 6) is -0.152. The molecule has 0 aliphatic heterocycles. The normalized spacial score (nSPS) is 10.5. The van der Waals surface area contributed by atoms with E-state index in [-0.39, 0.29) is 23.4 Å². The summed E-state index contributed by atoms with van der Waals surface area (Å²) < 4.78 is 5.01. The third-order valence-electron chi connectivity index (χ3n) is 4.45. The third kappa shape index (κ3) is 7.31. The predicted molar refractivity (Wildman–Crippen MR) is 119 cm³/mol. The lowest BCUT2D eigenvalue weighted by Gasteiger charge is -2.25. The second-order valence-electron chi connectivity index (χ2n) is 7.00. The van der Waals surface area contributed by atoms with Crippen molar-refractivity contribution in [1.29, 1.82) is 0 Å². The Labute approximate surface area is 178 Å². The number of hydrogen-bond donors (Lipinski definition) is 1. The molecule has 1 amide bonds. The number of amides is 1. The molecule has 0 saturated heterocycles. The number of carbonyl (C=O) groups excluding carboxylic acids is 2. The SMILES string of the molecule is CCOC(=O)CCN(Cc1ccccc1)C(=S)NC(=O)c1ccc(C(C)C)cc1. The quantitative estimate of drug-likeness (QED) is 0.518. The fourth-order valence-electron chi connectivity index (χ4n) is 2.78. The zero-order chi connectivity index (χ0) is 21.2. The van der Waals surface area contributed by atoms with Crippen LogP contribution in [0.5, 0.6) is 0 Å². The Hall–Kier alpha value is -2.73. The fourth-order valence-corrected chi connectivity index (χ4v) is 3.03. The topological polar surface area (TPSA) is 58.6 Å². The summed E-state index contributed by atoms with van der Waals surface area (Å²) in [6.07, 6.45) is 0.194. The highest BCUT2D eigenvalue weighted by Gasteiger charge is 2.16. The van der Waals surface area contributed by atoms with E-state index in [1.807, 2.05) is 47.4 Å². The smallest absolute Gasteiger partial charge is 0.307 e. The molecule has 2 aromatic carbocycles. The van der Waals surface area contributed by atoms with Gasteiger partial charge in [0.05, 0.1) is 13.0 Å². The van der Waals surface area contributed by atoms with Gasteiger partial charge in [-0.2, -0.15) is 0 Å². The van der Waals surface area contributed by atoms with Gasteiger partial charge in [-0.3, -0.25) is 14.9 Å². The third-order valence-corrected chi connectivity index (χ3v) is 4.81. The number of nitrogens with one attached hydrogen (secondary N) is 1. The Balaban J connectivity index is 2.06. The van der Waals surface area contributed by atoms with Crippen LogP contribution in [0.2, 0.25) is 0 Å². The standard InChI is InChI=1S/C23H28N2O3S/c1-4-28-21(26)14-15-25(16-18-8-6-5-7-9-18)23(29)24-22(27)20-12-10-19(11-13-20)17(2)3/h5-13,17H,4,14-16H2,1-3H3,(H,24,27,29). The second-order valence-corrected chi connectivity index (χ2v) is 7.38. The van der Waals surface area contributed by atoms with Gasteiger partial charge in [-0.1, -0.05) is 56.3 Å². The Kier molecular flexibility index (Phi) is 8.80. The summed E-state index contributed by atoms with van der Waals surface area (Å²) in [7, 11) is 0. The predicted octanol–water partition coefficient (Wildman–Crippen LogP) is 4.28. The molecule has 0 bridgehead atoms. The average molecular weight is 413 g/mol. The molecule has 0 heterocycles. The van der Waals surface area contributed by atoms with Crippen molar-refractivity contribution in [3.8, 4) is 0 Å². The van der Waals surface area contributed by atoms with E-state index in [4.69, 9.17) is 17.0 Å². The minimum absolute atomic E-state index is 0.194. The molecule has 0 aromatic heterocycles. The molecule has 0 aliphatic rings. The molecule has 6 heteroatoms. The number of ether oxygens (including phenoxy) is 1. The molecule has 0 unspecified atom stereocenters. The maximum absolute atomic E-state index is 12.6. The Morgan fingerprint density at radius 1 is 1.07 bits per heavy atom. The van der Waals surface area contributed by atoms with Crippen LogP contribution < -0.4 is 5.32 Å². The Morgan fingerprint density at radius 2 is 1.72 bits per heavy atom. The summed E-state index contributed by atoms with van der Waals surface area (Å²) in [4.78, 5) is 26.2. The van der Waals surface area contributed by atoms with Crippen LogP contribution in [0.25, 0.3) is 0 Å². The summed E-state index contributed by atoms with van der Waals surface area (Å²) in [6.45, 7) is 7.18. The van der Waals surface area contributed by atoms with Crippen molar-refractivity contribution in [2.45, 2.75) is 39.7 Å². The Bertz CT molecular complexity index is 820. The number of esters is 1. The van der Waals surface area contributed by atoms with Gasteiger partial charge in [0.1, 0.15) is 0 Å². The maximum Gasteiger partial charge on any atom is 0.307 e. The fraction of sp³-hybridized carbons (Fsp3) is 0.348. The van der Waals surface area contributed by atoms with Gasteiger partial charge in [0.25, 0.3) is 5.91 Å². The van der Waals surface area contributed by atoms with Crippen molar-refractivity contribution in [3.63, 3.8) is 0 Å². The van der Waals surface area contributed by atoms with E-state index in [0.717, 1.165) is 5.56 Å². The van der Waals surface area contributed by atoms with Crippen molar-refractivity contribution in [2.24, 2.45) is 0 Å². The van der Waals surface area contributed by atoms with Crippen LogP contribution in [0.1, 0.15) is 54.6 Å². The van der Waals surface area contributed by atoms with Crippen molar-refractivity contribution >= 4 is 29.2 Å². The lowest BCUT2D eigenvalue weighted by molar-refractivity contribution is -0.143. The van der Waals surface area contributed by atoms with Crippen LogP contribution in [0.4, 0.5) is 0 Å². The first-order valence-electron chi connectivity index (χ1n) is 9.80. The van der Waals surface area contributed by atoms with Gasteiger partial charge in [0.15, 0.2) is 5.11 Å². The molecule has 154 valence electrons. The van der Waals surface area contributed by atoms with E-state index in [9.17, 15) is 9.59 Å². The first kappa shape index (κ1) is 22.6. The van der Waals surface area contributed by atoms with Gasteiger partial charge in [-0.25, -0.2) is 0 Å². The van der Waals surface area contributed by atoms with Gasteiger partial charge >= 0.3 is 5.97 Å². The van der Waals surface area contributed by atoms with E-state index in [0.29, 0.717) is 31.2 Å². The summed E-state index contributed by atoms with van der Waals surface area (Å²) in [5.41, 5.74) is 2.75. The minimum Gasteiger partial charge on any atom is -0.466 e. The Morgan fingerprint density at radius 3 is 2.31 bits per heavy atom. The van der Waals surface area contributed by atoms with Gasteiger partial charge < -0.3 is 9.64 Å². The van der Waals surface area contributed by atoms with Crippen molar-refractivity contribution in [3.05, 3.63) is 71.3 Å². The summed E-state index contributed by atoms with van der Waals surface area (Å²) in [6, 6.07) is 17.3. The molecule has 5 nitrogen and oxygen atoms in total. The summed E-state index contributed by atoms with van der Waals surface area (Å²) >= 11 is 5.48. The lowest BCUT2D eigenvalue weighted by Crippen LogP contribution is -2.43. The molecule has 1 N–H and O–H groups in total. The van der Waals surface area contributed by atoms with E-state index in [1.165, 1.54) is 5.56 Å². The zero-order valence-electron chi connectivity index (χ0n) is 17.2. The molecule has 0 aliphatic carbocycles. The molecular formula is C23H28N2O3S. The first-order chi connectivity index (χ1) is 13.9. The molecule has 0 atom stereocenters. The second kappa shape index (κ2) is 11.3. The van der Waals surface area contributed by atoms with Crippen molar-refractivity contribution in [2.75, 3.05) is 13.2 Å². The van der Waals surface area contributed by atoms with E-state index < -0.39 is 0 Å². The highest BCUT2D eigenvalue weighted by molar-refractivity contribution is 7.80. The monoisotopic (exact) mass is 412 g/mol. The minimum atomic E-state index is -0.288. The van der Waals surface area contributed by atoms with Crippen LogP contribution in [-0.4, -0.2) is 35.0 Å². The van der Waals surface area contributed by atoms with Crippen molar-refractivity contribution in [1.82, 2.24) is 10.2 Å². The molecule has 2 aromatic rings. The average Bonchev–Trinajstić information content (AvgIpc) is 2.72. The van der Waals surface area contributed by atoms with Crippen LogP contribution in [-0.2, 0) is 16.1 Å². The lowest BCUT2D eigenvalue weighted by atomic mass is 10.0. The number of thiocarbonyl (C=S) groups is 1. The highest BCUT2D eigenvalue weighted by atomic mass is 32.1. The molecule has 0 saturated carbocycles. The van der Waals surface area contributed by atoms with Gasteiger partial charge in [-0.15, -0.1) is 0 Å². The van der Waals surface area contributed by atoms with Gasteiger partial charge in [0, 0.05) is 18.7 Å².